The number of halogens is 2. The van der Waals surface area contributed by atoms with E-state index in [1.807, 2.05) is 13.0 Å². The predicted octanol–water partition coefficient (Wildman–Crippen LogP) is 4.63. The Hall–Kier alpha value is -1.42. The second kappa shape index (κ2) is 5.41. The SMILES string of the molecule is Cc1ccc(-c2cnn(CC3(C)CCCC3)c2F)c(Cl)n1. The van der Waals surface area contributed by atoms with Crippen molar-refractivity contribution in [2.24, 2.45) is 5.41 Å². The van der Waals surface area contributed by atoms with Crippen molar-refractivity contribution in [1.82, 2.24) is 14.8 Å². The molecule has 0 atom stereocenters. The molecule has 0 amide bonds. The maximum Gasteiger partial charge on any atom is 0.219 e. The minimum absolute atomic E-state index is 0.152. The Kier molecular flexibility index (Phi) is 3.74. The van der Waals surface area contributed by atoms with Gasteiger partial charge in [0.1, 0.15) is 5.15 Å². The molecule has 0 aliphatic heterocycles. The molecule has 1 fully saturated rings. The van der Waals surface area contributed by atoms with Crippen molar-refractivity contribution in [2.45, 2.75) is 46.1 Å². The van der Waals surface area contributed by atoms with Crippen molar-refractivity contribution in [3.8, 4) is 11.1 Å². The summed E-state index contributed by atoms with van der Waals surface area (Å²) in [7, 11) is 0. The van der Waals surface area contributed by atoms with E-state index in [0.717, 1.165) is 18.5 Å². The van der Waals surface area contributed by atoms with Crippen LogP contribution < -0.4 is 0 Å². The van der Waals surface area contributed by atoms with Crippen LogP contribution in [0.25, 0.3) is 11.1 Å². The summed E-state index contributed by atoms with van der Waals surface area (Å²) in [6.45, 7) is 4.69. The third-order valence-corrected chi connectivity index (χ3v) is 4.68. The van der Waals surface area contributed by atoms with Crippen LogP contribution in [0.4, 0.5) is 4.39 Å². The van der Waals surface area contributed by atoms with Crippen LogP contribution in [-0.4, -0.2) is 14.8 Å². The lowest BCUT2D eigenvalue weighted by Gasteiger charge is -2.23. The average Bonchev–Trinajstić information content (AvgIpc) is 2.99. The van der Waals surface area contributed by atoms with E-state index in [1.54, 1.807) is 12.3 Å². The van der Waals surface area contributed by atoms with E-state index in [4.69, 9.17) is 11.6 Å². The van der Waals surface area contributed by atoms with Gasteiger partial charge in [-0.15, -0.1) is 0 Å². The highest BCUT2D eigenvalue weighted by molar-refractivity contribution is 6.32. The molecule has 0 spiro atoms. The van der Waals surface area contributed by atoms with Gasteiger partial charge in [-0.3, -0.25) is 0 Å². The summed E-state index contributed by atoms with van der Waals surface area (Å²) >= 11 is 6.13. The smallest absolute Gasteiger partial charge is 0.219 e. The first kappa shape index (κ1) is 14.5. The van der Waals surface area contributed by atoms with Crippen molar-refractivity contribution in [2.75, 3.05) is 0 Å². The first-order chi connectivity index (χ1) is 9.98. The van der Waals surface area contributed by atoms with E-state index in [-0.39, 0.29) is 11.4 Å². The zero-order chi connectivity index (χ0) is 15.0. The molecule has 0 radical (unpaired) electrons. The Labute approximate surface area is 129 Å². The second-order valence-electron chi connectivity index (χ2n) is 6.32. The monoisotopic (exact) mass is 307 g/mol. The Balaban J connectivity index is 1.92. The predicted molar refractivity (Wildman–Crippen MR) is 81.7 cm³/mol. The van der Waals surface area contributed by atoms with Gasteiger partial charge in [-0.1, -0.05) is 31.4 Å². The highest BCUT2D eigenvalue weighted by Crippen LogP contribution is 2.39. The van der Waals surface area contributed by atoms with Gasteiger partial charge in [-0.2, -0.15) is 9.49 Å². The van der Waals surface area contributed by atoms with E-state index in [1.165, 1.54) is 17.5 Å². The molecule has 2 aromatic rings. The Morgan fingerprint density at radius 3 is 2.67 bits per heavy atom. The van der Waals surface area contributed by atoms with E-state index < -0.39 is 0 Å². The number of pyridine rings is 1. The Bertz CT molecular complexity index is 660. The van der Waals surface area contributed by atoms with Crippen molar-refractivity contribution in [3.05, 3.63) is 35.1 Å². The lowest BCUT2D eigenvalue weighted by molar-refractivity contribution is 0.249. The topological polar surface area (TPSA) is 30.7 Å². The normalized spacial score (nSPS) is 17.3. The first-order valence-electron chi connectivity index (χ1n) is 7.33. The third kappa shape index (κ3) is 2.82. The zero-order valence-corrected chi connectivity index (χ0v) is 13.1. The molecule has 0 N–H and O–H groups in total. The van der Waals surface area contributed by atoms with Gasteiger partial charge >= 0.3 is 0 Å². The maximum atomic E-state index is 14.6. The van der Waals surface area contributed by atoms with Gasteiger partial charge < -0.3 is 0 Å². The van der Waals surface area contributed by atoms with Crippen LogP contribution in [0.3, 0.4) is 0 Å². The molecule has 2 aromatic heterocycles. The van der Waals surface area contributed by atoms with Crippen molar-refractivity contribution < 1.29 is 4.39 Å². The Morgan fingerprint density at radius 1 is 1.29 bits per heavy atom. The summed E-state index contributed by atoms with van der Waals surface area (Å²) in [6.07, 6.45) is 6.26. The van der Waals surface area contributed by atoms with E-state index in [2.05, 4.69) is 17.0 Å². The van der Waals surface area contributed by atoms with Gasteiger partial charge in [0, 0.05) is 17.8 Å². The lowest BCUT2D eigenvalue weighted by Crippen LogP contribution is -2.21. The van der Waals surface area contributed by atoms with Crippen LogP contribution in [-0.2, 0) is 6.54 Å². The zero-order valence-electron chi connectivity index (χ0n) is 12.4. The van der Waals surface area contributed by atoms with Crippen LogP contribution in [0, 0.1) is 18.3 Å². The summed E-state index contributed by atoms with van der Waals surface area (Å²) < 4.78 is 16.1. The molecule has 3 rings (SSSR count). The largest absolute Gasteiger partial charge is 0.241 e. The minimum Gasteiger partial charge on any atom is -0.241 e. The third-order valence-electron chi connectivity index (χ3n) is 4.40. The number of rotatable bonds is 3. The fourth-order valence-electron chi connectivity index (χ4n) is 3.14. The molecule has 21 heavy (non-hydrogen) atoms. The van der Waals surface area contributed by atoms with Crippen LogP contribution in [0.2, 0.25) is 5.15 Å². The van der Waals surface area contributed by atoms with Crippen molar-refractivity contribution in [3.63, 3.8) is 0 Å². The van der Waals surface area contributed by atoms with Crippen LogP contribution in [0.15, 0.2) is 18.3 Å². The van der Waals surface area contributed by atoms with Gasteiger partial charge in [-0.25, -0.2) is 9.67 Å². The average molecular weight is 308 g/mol. The fraction of sp³-hybridized carbons (Fsp3) is 0.500. The van der Waals surface area contributed by atoms with Gasteiger partial charge in [0.05, 0.1) is 11.8 Å². The van der Waals surface area contributed by atoms with E-state index in [9.17, 15) is 4.39 Å². The molecule has 1 saturated carbocycles. The van der Waals surface area contributed by atoms with Gasteiger partial charge in [0.15, 0.2) is 0 Å². The van der Waals surface area contributed by atoms with Crippen LogP contribution in [0.5, 0.6) is 0 Å². The van der Waals surface area contributed by atoms with Crippen molar-refractivity contribution in [1.29, 1.82) is 0 Å². The molecular formula is C16H19ClFN3. The molecule has 1 aliphatic carbocycles. The molecule has 5 heteroatoms. The Morgan fingerprint density at radius 2 is 2.00 bits per heavy atom. The van der Waals surface area contributed by atoms with Crippen molar-refractivity contribution >= 4 is 11.6 Å². The first-order valence-corrected chi connectivity index (χ1v) is 7.71. The number of hydrogen-bond acceptors (Lipinski definition) is 2. The second-order valence-corrected chi connectivity index (χ2v) is 6.67. The summed E-state index contributed by atoms with van der Waals surface area (Å²) in [5, 5.41) is 4.54. The molecule has 2 heterocycles. The molecular weight excluding hydrogens is 289 g/mol. The summed E-state index contributed by atoms with van der Waals surface area (Å²) in [4.78, 5) is 4.18. The summed E-state index contributed by atoms with van der Waals surface area (Å²) in [5.74, 6) is -0.323. The molecule has 0 saturated heterocycles. The van der Waals surface area contributed by atoms with E-state index >= 15 is 0 Å². The van der Waals surface area contributed by atoms with Crippen LogP contribution >= 0.6 is 11.6 Å². The number of aromatic nitrogens is 3. The van der Waals surface area contributed by atoms with Gasteiger partial charge in [0.2, 0.25) is 5.95 Å². The maximum absolute atomic E-state index is 14.6. The van der Waals surface area contributed by atoms with E-state index in [0.29, 0.717) is 22.8 Å². The molecule has 0 aromatic carbocycles. The molecule has 1 aliphatic rings. The van der Waals surface area contributed by atoms with Crippen LogP contribution in [0.1, 0.15) is 38.3 Å². The molecule has 0 unspecified atom stereocenters. The van der Waals surface area contributed by atoms with Gasteiger partial charge in [-0.05, 0) is 37.3 Å². The standard InChI is InChI=1S/C16H19ClFN3/c1-11-5-6-12(14(17)20-11)13-9-19-21(15(13)18)10-16(2)7-3-4-8-16/h5-6,9H,3-4,7-8,10H2,1-2H3. The summed E-state index contributed by atoms with van der Waals surface area (Å²) in [6, 6.07) is 3.63. The fourth-order valence-corrected chi connectivity index (χ4v) is 3.43. The lowest BCUT2D eigenvalue weighted by atomic mass is 9.89. The molecule has 0 bridgehead atoms. The highest BCUT2D eigenvalue weighted by atomic mass is 35.5. The number of aryl methyl sites for hydroxylation is 1. The summed E-state index contributed by atoms with van der Waals surface area (Å²) in [5.41, 5.74) is 1.99. The number of nitrogens with zero attached hydrogens (tertiary/aromatic N) is 3. The molecule has 112 valence electrons. The quantitative estimate of drug-likeness (QED) is 0.774. The van der Waals surface area contributed by atoms with Gasteiger partial charge in [0.25, 0.3) is 0 Å². The minimum atomic E-state index is -0.323. The number of hydrogen-bond donors (Lipinski definition) is 0. The molecule has 3 nitrogen and oxygen atoms in total. The highest BCUT2D eigenvalue weighted by Gasteiger charge is 2.30.